The van der Waals surface area contributed by atoms with E-state index in [1.54, 1.807) is 18.3 Å². The summed E-state index contributed by atoms with van der Waals surface area (Å²) in [6.45, 7) is 0.418. The summed E-state index contributed by atoms with van der Waals surface area (Å²) in [5.41, 5.74) is 0.285. The van der Waals surface area contributed by atoms with Crippen LogP contribution in [0.3, 0.4) is 0 Å². The summed E-state index contributed by atoms with van der Waals surface area (Å²) in [6, 6.07) is 3.46. The van der Waals surface area contributed by atoms with Gasteiger partial charge in [-0.25, -0.2) is 4.98 Å². The number of hydrogen-bond donors (Lipinski definition) is 2. The summed E-state index contributed by atoms with van der Waals surface area (Å²) in [6.07, 6.45) is 6.41. The summed E-state index contributed by atoms with van der Waals surface area (Å²) >= 11 is 1.42. The maximum absolute atomic E-state index is 12.2. The van der Waals surface area contributed by atoms with Crippen LogP contribution in [0.25, 0.3) is 0 Å². The van der Waals surface area contributed by atoms with Crippen LogP contribution in [0.15, 0.2) is 23.4 Å². The normalized spacial score (nSPS) is 16.2. The average Bonchev–Trinajstić information content (AvgIpc) is 2.40. The van der Waals surface area contributed by atoms with Crippen LogP contribution >= 0.6 is 11.8 Å². The molecule has 1 fully saturated rings. The minimum atomic E-state index is -0.801. The number of carbonyl (C=O) groups is 2. The SMILES string of the molecule is CSc1ncccc1C(=O)NCC1(CC(=O)O)CCC1. The lowest BCUT2D eigenvalue weighted by Gasteiger charge is -2.40. The highest BCUT2D eigenvalue weighted by atomic mass is 32.2. The number of amides is 1. The van der Waals surface area contributed by atoms with Crippen LogP contribution in [-0.4, -0.2) is 34.8 Å². The molecule has 1 aromatic heterocycles. The number of aliphatic carboxylic acids is 1. The van der Waals surface area contributed by atoms with Gasteiger partial charge in [0, 0.05) is 12.7 Å². The van der Waals surface area contributed by atoms with Gasteiger partial charge in [0.05, 0.1) is 12.0 Å². The van der Waals surface area contributed by atoms with Crippen LogP contribution in [0.2, 0.25) is 0 Å². The number of carboxylic acid groups (broad SMARTS) is 1. The molecule has 5 nitrogen and oxygen atoms in total. The minimum absolute atomic E-state index is 0.121. The van der Waals surface area contributed by atoms with E-state index in [1.807, 2.05) is 6.26 Å². The second-order valence-corrected chi connectivity index (χ2v) is 5.96. The number of aromatic nitrogens is 1. The summed E-state index contributed by atoms with van der Waals surface area (Å²) in [5.74, 6) is -0.982. The van der Waals surface area contributed by atoms with Crippen LogP contribution in [0.4, 0.5) is 0 Å². The molecule has 0 unspecified atom stereocenters. The van der Waals surface area contributed by atoms with Gasteiger partial charge in [0.1, 0.15) is 5.03 Å². The maximum atomic E-state index is 12.2. The third-order valence-electron chi connectivity index (χ3n) is 3.77. The van der Waals surface area contributed by atoms with Crippen molar-refractivity contribution in [3.8, 4) is 0 Å². The van der Waals surface area contributed by atoms with Crippen molar-refractivity contribution in [1.82, 2.24) is 10.3 Å². The lowest BCUT2D eigenvalue weighted by atomic mass is 9.66. The summed E-state index contributed by atoms with van der Waals surface area (Å²) in [4.78, 5) is 27.2. The molecule has 1 aliphatic carbocycles. The van der Waals surface area contributed by atoms with Crippen molar-refractivity contribution in [2.24, 2.45) is 5.41 Å². The molecule has 0 aromatic carbocycles. The number of hydrogen-bond acceptors (Lipinski definition) is 4. The Labute approximate surface area is 122 Å². The first kappa shape index (κ1) is 14.8. The molecule has 0 atom stereocenters. The fraction of sp³-hybridized carbons (Fsp3) is 0.500. The van der Waals surface area contributed by atoms with Crippen LogP contribution in [-0.2, 0) is 4.79 Å². The van der Waals surface area contributed by atoms with Gasteiger partial charge < -0.3 is 10.4 Å². The second kappa shape index (κ2) is 6.26. The van der Waals surface area contributed by atoms with Gasteiger partial charge in [0.2, 0.25) is 0 Å². The van der Waals surface area contributed by atoms with E-state index in [-0.39, 0.29) is 17.7 Å². The highest BCUT2D eigenvalue weighted by Crippen LogP contribution is 2.43. The highest BCUT2D eigenvalue weighted by Gasteiger charge is 2.39. The molecular weight excluding hydrogens is 276 g/mol. The van der Waals surface area contributed by atoms with Gasteiger partial charge >= 0.3 is 5.97 Å². The van der Waals surface area contributed by atoms with Gasteiger partial charge in [-0.3, -0.25) is 9.59 Å². The standard InChI is InChI=1S/C14H18N2O3S/c1-20-13-10(4-2-7-15-13)12(19)16-9-14(5-3-6-14)8-11(17)18/h2,4,7H,3,5-6,8-9H2,1H3,(H,16,19)(H,17,18). The van der Waals surface area contributed by atoms with E-state index in [2.05, 4.69) is 10.3 Å². The number of carboxylic acids is 1. The van der Waals surface area contributed by atoms with Crippen molar-refractivity contribution in [2.75, 3.05) is 12.8 Å². The monoisotopic (exact) mass is 294 g/mol. The Balaban J connectivity index is 1.99. The second-order valence-electron chi connectivity index (χ2n) is 5.17. The van der Waals surface area contributed by atoms with Gasteiger partial charge in [-0.05, 0) is 36.6 Å². The zero-order chi connectivity index (χ0) is 14.6. The van der Waals surface area contributed by atoms with Crippen molar-refractivity contribution < 1.29 is 14.7 Å². The molecule has 1 amide bonds. The Morgan fingerprint density at radius 3 is 2.80 bits per heavy atom. The number of nitrogens with one attached hydrogen (secondary N) is 1. The third kappa shape index (κ3) is 3.30. The zero-order valence-corrected chi connectivity index (χ0v) is 12.2. The molecule has 108 valence electrons. The molecular formula is C14H18N2O3S. The Kier molecular flexibility index (Phi) is 4.65. The van der Waals surface area contributed by atoms with Gasteiger partial charge in [-0.15, -0.1) is 11.8 Å². The lowest BCUT2D eigenvalue weighted by molar-refractivity contribution is -0.141. The number of thioether (sulfide) groups is 1. The van der Waals surface area contributed by atoms with E-state index in [0.717, 1.165) is 19.3 Å². The molecule has 0 bridgehead atoms. The summed E-state index contributed by atoms with van der Waals surface area (Å²) in [7, 11) is 0. The molecule has 0 aliphatic heterocycles. The summed E-state index contributed by atoms with van der Waals surface area (Å²) in [5, 5.41) is 12.5. The van der Waals surface area contributed by atoms with E-state index in [0.29, 0.717) is 17.1 Å². The molecule has 2 N–H and O–H groups in total. The molecule has 0 radical (unpaired) electrons. The van der Waals surface area contributed by atoms with Crippen LogP contribution in [0, 0.1) is 5.41 Å². The molecule has 1 heterocycles. The lowest BCUT2D eigenvalue weighted by Crippen LogP contribution is -2.43. The number of nitrogens with zero attached hydrogens (tertiary/aromatic N) is 1. The van der Waals surface area contributed by atoms with E-state index in [1.165, 1.54) is 11.8 Å². The van der Waals surface area contributed by atoms with E-state index >= 15 is 0 Å². The zero-order valence-electron chi connectivity index (χ0n) is 11.4. The Morgan fingerprint density at radius 1 is 1.50 bits per heavy atom. The Hall–Kier alpha value is -1.56. The van der Waals surface area contributed by atoms with Gasteiger partial charge in [0.25, 0.3) is 5.91 Å². The first-order valence-electron chi connectivity index (χ1n) is 6.55. The summed E-state index contributed by atoms with van der Waals surface area (Å²) < 4.78 is 0. The van der Waals surface area contributed by atoms with Crippen LogP contribution in [0.1, 0.15) is 36.0 Å². The van der Waals surface area contributed by atoms with Crippen LogP contribution in [0.5, 0.6) is 0 Å². The maximum Gasteiger partial charge on any atom is 0.303 e. The van der Waals surface area contributed by atoms with Crippen molar-refractivity contribution in [3.63, 3.8) is 0 Å². The first-order valence-corrected chi connectivity index (χ1v) is 7.78. The Morgan fingerprint density at radius 2 is 2.25 bits per heavy atom. The molecule has 0 spiro atoms. The minimum Gasteiger partial charge on any atom is -0.481 e. The fourth-order valence-corrected chi connectivity index (χ4v) is 3.05. The number of rotatable bonds is 6. The van der Waals surface area contributed by atoms with Crippen molar-refractivity contribution in [3.05, 3.63) is 23.9 Å². The van der Waals surface area contributed by atoms with Gasteiger partial charge in [-0.2, -0.15) is 0 Å². The largest absolute Gasteiger partial charge is 0.481 e. The predicted octanol–water partition coefficient (Wildman–Crippen LogP) is 2.18. The molecule has 6 heteroatoms. The molecule has 20 heavy (non-hydrogen) atoms. The van der Waals surface area contributed by atoms with Crippen LogP contribution < -0.4 is 5.32 Å². The molecule has 0 saturated heterocycles. The van der Waals surface area contributed by atoms with E-state index < -0.39 is 5.97 Å². The van der Waals surface area contributed by atoms with E-state index in [9.17, 15) is 9.59 Å². The Bertz CT molecular complexity index is 515. The molecule has 1 aromatic rings. The first-order chi connectivity index (χ1) is 9.56. The van der Waals surface area contributed by atoms with Crippen molar-refractivity contribution >= 4 is 23.6 Å². The molecule has 2 rings (SSSR count). The van der Waals surface area contributed by atoms with E-state index in [4.69, 9.17) is 5.11 Å². The van der Waals surface area contributed by atoms with Crippen molar-refractivity contribution in [1.29, 1.82) is 0 Å². The van der Waals surface area contributed by atoms with Gasteiger partial charge in [0.15, 0.2) is 0 Å². The molecule has 1 aliphatic rings. The fourth-order valence-electron chi connectivity index (χ4n) is 2.50. The van der Waals surface area contributed by atoms with Gasteiger partial charge in [-0.1, -0.05) is 6.42 Å². The van der Waals surface area contributed by atoms with Crippen molar-refractivity contribution in [2.45, 2.75) is 30.7 Å². The average molecular weight is 294 g/mol. The highest BCUT2D eigenvalue weighted by molar-refractivity contribution is 7.98. The molecule has 1 saturated carbocycles. The number of pyridine rings is 1. The topological polar surface area (TPSA) is 79.3 Å². The third-order valence-corrected chi connectivity index (χ3v) is 4.49. The quantitative estimate of drug-likeness (QED) is 0.786. The predicted molar refractivity (Wildman–Crippen MR) is 76.9 cm³/mol. The smallest absolute Gasteiger partial charge is 0.303 e. The number of carbonyl (C=O) groups excluding carboxylic acids is 1.